The van der Waals surface area contributed by atoms with Crippen molar-refractivity contribution in [3.63, 3.8) is 0 Å². The third kappa shape index (κ3) is 2.88. The lowest BCUT2D eigenvalue weighted by Crippen LogP contribution is -2.19. The van der Waals surface area contributed by atoms with Gasteiger partial charge in [-0.2, -0.15) is 0 Å². The molecule has 0 fully saturated rings. The van der Waals surface area contributed by atoms with E-state index in [1.807, 2.05) is 42.5 Å². The molecule has 1 aliphatic heterocycles. The molecule has 0 spiro atoms. The molecule has 0 radical (unpaired) electrons. The van der Waals surface area contributed by atoms with E-state index in [9.17, 15) is 9.59 Å². The van der Waals surface area contributed by atoms with Gasteiger partial charge in [0.15, 0.2) is 0 Å². The minimum absolute atomic E-state index is 0.0186. The summed E-state index contributed by atoms with van der Waals surface area (Å²) in [6.45, 7) is 1.82. The second-order valence-electron chi connectivity index (χ2n) is 5.11. The zero-order valence-corrected chi connectivity index (χ0v) is 12.7. The Balaban J connectivity index is 2.02. The first-order valence-electron chi connectivity index (χ1n) is 7.45. The number of allylic oxidation sites excluding steroid dienone is 1. The van der Waals surface area contributed by atoms with Crippen molar-refractivity contribution in [1.82, 2.24) is 0 Å². The number of esters is 1. The molecule has 0 saturated carbocycles. The maximum atomic E-state index is 12.3. The molecule has 0 amide bonds. The van der Waals surface area contributed by atoms with Crippen LogP contribution in [0.1, 0.15) is 34.3 Å². The fraction of sp³-hybridized carbons (Fsp3) is 0.158. The predicted molar refractivity (Wildman–Crippen MR) is 85.5 cm³/mol. The average Bonchev–Trinajstić information content (AvgIpc) is 2.61. The average molecular weight is 308 g/mol. The number of hydrogen-bond donors (Lipinski definition) is 0. The minimum atomic E-state index is -0.865. The van der Waals surface area contributed by atoms with E-state index in [0.717, 1.165) is 11.1 Å². The lowest BCUT2D eigenvalue weighted by molar-refractivity contribution is -0.137. The van der Waals surface area contributed by atoms with Gasteiger partial charge in [0.2, 0.25) is 0 Å². The Kier molecular flexibility index (Phi) is 4.24. The maximum Gasteiger partial charge on any atom is 0.379 e. The number of fused-ring (bicyclic) bond motifs is 1. The molecule has 116 valence electrons. The number of ketones is 1. The molecule has 4 nitrogen and oxygen atoms in total. The van der Waals surface area contributed by atoms with E-state index in [1.165, 1.54) is 0 Å². The Hall–Kier alpha value is -2.88. The lowest BCUT2D eigenvalue weighted by atomic mass is 9.88. The Labute approximate surface area is 134 Å². The van der Waals surface area contributed by atoms with Gasteiger partial charge in [-0.15, -0.1) is 0 Å². The van der Waals surface area contributed by atoms with E-state index in [2.05, 4.69) is 0 Å². The summed E-state index contributed by atoms with van der Waals surface area (Å²) < 4.78 is 10.3. The third-order valence-corrected chi connectivity index (χ3v) is 3.70. The van der Waals surface area contributed by atoms with Crippen LogP contribution in [0.15, 0.2) is 60.9 Å². The first-order valence-corrected chi connectivity index (χ1v) is 7.45. The van der Waals surface area contributed by atoms with Gasteiger partial charge in [-0.3, -0.25) is 4.79 Å². The molecule has 1 aliphatic rings. The Bertz CT molecular complexity index is 762. The van der Waals surface area contributed by atoms with E-state index in [0.29, 0.717) is 5.75 Å². The number of para-hydroxylation sites is 1. The van der Waals surface area contributed by atoms with Crippen LogP contribution in [0.2, 0.25) is 0 Å². The van der Waals surface area contributed by atoms with Crippen molar-refractivity contribution >= 4 is 11.8 Å². The van der Waals surface area contributed by atoms with Crippen molar-refractivity contribution in [3.05, 3.63) is 77.6 Å². The fourth-order valence-corrected chi connectivity index (χ4v) is 2.66. The van der Waals surface area contributed by atoms with Crippen LogP contribution in [0.4, 0.5) is 0 Å². The summed E-state index contributed by atoms with van der Waals surface area (Å²) in [6, 6.07) is 15.2. The molecular formula is C19H16O4. The van der Waals surface area contributed by atoms with Crippen molar-refractivity contribution in [2.45, 2.75) is 12.8 Å². The Morgan fingerprint density at radius 3 is 2.61 bits per heavy atom. The van der Waals surface area contributed by atoms with Crippen LogP contribution in [0, 0.1) is 0 Å². The molecule has 0 saturated heterocycles. The smallest absolute Gasteiger partial charge is 0.379 e. The molecule has 0 bridgehead atoms. The number of rotatable bonds is 4. The van der Waals surface area contributed by atoms with Crippen LogP contribution in [-0.2, 0) is 9.53 Å². The molecule has 2 aromatic carbocycles. The largest absolute Gasteiger partial charge is 0.464 e. The van der Waals surface area contributed by atoms with Gasteiger partial charge in [-0.1, -0.05) is 42.5 Å². The summed E-state index contributed by atoms with van der Waals surface area (Å²) in [5, 5.41) is 0. The minimum Gasteiger partial charge on any atom is -0.464 e. The second-order valence-corrected chi connectivity index (χ2v) is 5.11. The van der Waals surface area contributed by atoms with E-state index >= 15 is 0 Å². The van der Waals surface area contributed by atoms with Gasteiger partial charge in [0.25, 0.3) is 5.78 Å². The summed E-state index contributed by atoms with van der Waals surface area (Å²) in [5.74, 6) is -1.15. The van der Waals surface area contributed by atoms with Gasteiger partial charge in [0.05, 0.1) is 18.4 Å². The van der Waals surface area contributed by atoms with E-state index in [4.69, 9.17) is 9.47 Å². The predicted octanol–water partition coefficient (Wildman–Crippen LogP) is 3.47. The fourth-order valence-electron chi connectivity index (χ4n) is 2.66. The molecule has 3 rings (SSSR count). The number of Topliss-reactive ketones (excluding diaryl/α,β-unsaturated/α-hetero) is 1. The van der Waals surface area contributed by atoms with Gasteiger partial charge in [0, 0.05) is 11.5 Å². The summed E-state index contributed by atoms with van der Waals surface area (Å²) >= 11 is 0. The summed E-state index contributed by atoms with van der Waals surface area (Å²) in [6.07, 6.45) is 3.48. The Morgan fingerprint density at radius 1 is 1.09 bits per heavy atom. The van der Waals surface area contributed by atoms with Crippen LogP contribution in [0.25, 0.3) is 0 Å². The zero-order valence-electron chi connectivity index (χ0n) is 12.7. The first kappa shape index (κ1) is 15.0. The highest BCUT2D eigenvalue weighted by molar-refractivity contribution is 6.41. The van der Waals surface area contributed by atoms with Crippen molar-refractivity contribution in [2.75, 3.05) is 6.61 Å². The highest BCUT2D eigenvalue weighted by Crippen LogP contribution is 2.38. The number of carbonyl (C=O) groups excluding carboxylic acids is 2. The lowest BCUT2D eigenvalue weighted by Gasteiger charge is -2.22. The molecule has 2 aromatic rings. The number of ether oxygens (including phenoxy) is 2. The highest BCUT2D eigenvalue weighted by Gasteiger charge is 2.27. The third-order valence-electron chi connectivity index (χ3n) is 3.70. The molecule has 0 aliphatic carbocycles. The number of hydrogen-bond acceptors (Lipinski definition) is 4. The summed E-state index contributed by atoms with van der Waals surface area (Å²) in [5.41, 5.74) is 2.18. The molecule has 0 N–H and O–H groups in total. The SMILES string of the molecule is CCOC(=O)C(=O)c1cccc2c1OC=CC2c1ccccc1. The van der Waals surface area contributed by atoms with Gasteiger partial charge in [-0.05, 0) is 24.6 Å². The van der Waals surface area contributed by atoms with Gasteiger partial charge in [-0.25, -0.2) is 4.79 Å². The van der Waals surface area contributed by atoms with Crippen molar-refractivity contribution in [2.24, 2.45) is 0 Å². The quantitative estimate of drug-likeness (QED) is 0.493. The number of carbonyl (C=O) groups is 2. The summed E-state index contributed by atoms with van der Waals surface area (Å²) in [4.78, 5) is 24.0. The van der Waals surface area contributed by atoms with Crippen LogP contribution in [-0.4, -0.2) is 18.4 Å². The van der Waals surface area contributed by atoms with Gasteiger partial charge >= 0.3 is 5.97 Å². The van der Waals surface area contributed by atoms with E-state index in [-0.39, 0.29) is 18.1 Å². The standard InChI is InChI=1S/C19H16O4/c1-2-22-19(21)17(20)16-10-6-9-15-14(11-12-23-18(15)16)13-7-4-3-5-8-13/h3-12,14H,2H2,1H3. The van der Waals surface area contributed by atoms with Crippen LogP contribution in [0.5, 0.6) is 5.75 Å². The summed E-state index contributed by atoms with van der Waals surface area (Å²) in [7, 11) is 0. The monoisotopic (exact) mass is 308 g/mol. The first-order chi connectivity index (χ1) is 11.2. The molecule has 1 atom stereocenters. The normalized spacial score (nSPS) is 15.4. The maximum absolute atomic E-state index is 12.3. The van der Waals surface area contributed by atoms with Crippen LogP contribution >= 0.6 is 0 Å². The topological polar surface area (TPSA) is 52.6 Å². The molecule has 4 heteroatoms. The molecular weight excluding hydrogens is 292 g/mol. The van der Waals surface area contributed by atoms with E-state index in [1.54, 1.807) is 25.3 Å². The van der Waals surface area contributed by atoms with Crippen molar-refractivity contribution in [3.8, 4) is 5.75 Å². The van der Waals surface area contributed by atoms with E-state index < -0.39 is 11.8 Å². The molecule has 0 aromatic heterocycles. The van der Waals surface area contributed by atoms with Gasteiger partial charge in [0.1, 0.15) is 5.75 Å². The zero-order chi connectivity index (χ0) is 16.2. The number of benzene rings is 2. The molecule has 1 unspecified atom stereocenters. The van der Waals surface area contributed by atoms with Crippen LogP contribution in [0.3, 0.4) is 0 Å². The van der Waals surface area contributed by atoms with Crippen molar-refractivity contribution < 1.29 is 19.1 Å². The second kappa shape index (κ2) is 6.48. The highest BCUT2D eigenvalue weighted by atomic mass is 16.5. The molecule has 23 heavy (non-hydrogen) atoms. The van der Waals surface area contributed by atoms with Crippen molar-refractivity contribution in [1.29, 1.82) is 0 Å². The van der Waals surface area contributed by atoms with Gasteiger partial charge < -0.3 is 9.47 Å². The Morgan fingerprint density at radius 2 is 1.87 bits per heavy atom. The molecule has 1 heterocycles. The van der Waals surface area contributed by atoms with Crippen LogP contribution < -0.4 is 4.74 Å².